The second-order valence-corrected chi connectivity index (χ2v) is 7.45. The molecule has 0 aromatic heterocycles. The molecule has 0 saturated heterocycles. The van der Waals surface area contributed by atoms with Crippen LogP contribution in [0, 0.1) is 0 Å². The highest BCUT2D eigenvalue weighted by atomic mass is 79.9. The van der Waals surface area contributed by atoms with Gasteiger partial charge in [0, 0.05) is 21.1 Å². The minimum atomic E-state index is -1.25. The molecule has 10 heteroatoms. The summed E-state index contributed by atoms with van der Waals surface area (Å²) in [5.41, 5.74) is 0.532. The summed E-state index contributed by atoms with van der Waals surface area (Å²) < 4.78 is 6.05. The van der Waals surface area contributed by atoms with Gasteiger partial charge >= 0.3 is 5.97 Å². The average molecular weight is 504 g/mol. The number of carboxylic acid groups (broad SMARTS) is 1. The van der Waals surface area contributed by atoms with Gasteiger partial charge in [-0.2, -0.15) is 0 Å². The van der Waals surface area contributed by atoms with E-state index in [0.29, 0.717) is 11.3 Å². The van der Waals surface area contributed by atoms with Crippen LogP contribution in [0.1, 0.15) is 15.9 Å². The third-order valence-corrected chi connectivity index (χ3v) is 4.58. The predicted octanol–water partition coefficient (Wildman–Crippen LogP) is 4.99. The Bertz CT molecular complexity index is 982. The lowest BCUT2D eigenvalue weighted by Gasteiger charge is -2.13. The summed E-state index contributed by atoms with van der Waals surface area (Å²) in [6, 6.07) is 7.94. The van der Waals surface area contributed by atoms with E-state index in [2.05, 4.69) is 26.6 Å². The number of hydrogen-bond acceptors (Lipinski definition) is 4. The van der Waals surface area contributed by atoms with Crippen LogP contribution in [-0.2, 0) is 4.79 Å². The van der Waals surface area contributed by atoms with Crippen molar-refractivity contribution in [2.75, 3.05) is 12.4 Å². The lowest BCUT2D eigenvalue weighted by molar-refractivity contribution is -0.115. The SMILES string of the molecule is COc1ccc(Br)cc1/C=C/C(=O)NC(=S)Nc1c(Cl)cc(Cl)cc1C(=O)O. The summed E-state index contributed by atoms with van der Waals surface area (Å²) in [7, 11) is 1.52. The van der Waals surface area contributed by atoms with Crippen molar-refractivity contribution in [3.63, 3.8) is 0 Å². The minimum absolute atomic E-state index is 0.0292. The molecule has 0 aliphatic carbocycles. The molecule has 0 aliphatic heterocycles. The summed E-state index contributed by atoms with van der Waals surface area (Å²) in [5, 5.41) is 14.4. The van der Waals surface area contributed by atoms with Crippen molar-refractivity contribution in [3.8, 4) is 5.75 Å². The van der Waals surface area contributed by atoms with E-state index in [4.69, 9.17) is 40.2 Å². The van der Waals surface area contributed by atoms with E-state index in [1.165, 1.54) is 25.3 Å². The van der Waals surface area contributed by atoms with Crippen molar-refractivity contribution in [2.24, 2.45) is 0 Å². The fourth-order valence-corrected chi connectivity index (χ4v) is 3.29. The standard InChI is InChI=1S/C18H13BrCl2N2O4S/c1-27-14-4-3-10(19)6-9(14)2-5-15(24)22-18(28)23-16-12(17(25)26)7-11(20)8-13(16)21/h2-8H,1H3,(H,25,26)(H2,22,23,24,28)/b5-2+. The van der Waals surface area contributed by atoms with Gasteiger partial charge in [-0.15, -0.1) is 0 Å². The largest absolute Gasteiger partial charge is 0.496 e. The molecule has 3 N–H and O–H groups in total. The first-order valence-electron chi connectivity index (χ1n) is 7.57. The van der Waals surface area contributed by atoms with Gasteiger partial charge in [-0.1, -0.05) is 39.1 Å². The Morgan fingerprint density at radius 1 is 1.25 bits per heavy atom. The Balaban J connectivity index is 2.11. The number of rotatable bonds is 5. The van der Waals surface area contributed by atoms with Crippen LogP contribution >= 0.6 is 51.3 Å². The second kappa shape index (κ2) is 9.88. The summed E-state index contributed by atoms with van der Waals surface area (Å²) in [4.78, 5) is 23.5. The highest BCUT2D eigenvalue weighted by Crippen LogP contribution is 2.30. The molecule has 0 bridgehead atoms. The number of carboxylic acids is 1. The number of halogens is 3. The van der Waals surface area contributed by atoms with Crippen molar-refractivity contribution in [1.29, 1.82) is 0 Å². The van der Waals surface area contributed by atoms with Gasteiger partial charge in [-0.25, -0.2) is 4.79 Å². The number of carbonyl (C=O) groups is 2. The highest BCUT2D eigenvalue weighted by Gasteiger charge is 2.16. The fourth-order valence-electron chi connectivity index (χ4n) is 2.17. The number of aromatic carboxylic acids is 1. The summed E-state index contributed by atoms with van der Waals surface area (Å²) in [6.07, 6.45) is 2.82. The van der Waals surface area contributed by atoms with Gasteiger partial charge in [0.05, 0.1) is 23.4 Å². The van der Waals surface area contributed by atoms with Gasteiger partial charge < -0.3 is 15.2 Å². The maximum absolute atomic E-state index is 12.1. The zero-order valence-electron chi connectivity index (χ0n) is 14.3. The fraction of sp³-hybridized carbons (Fsp3) is 0.0556. The first-order valence-corrected chi connectivity index (χ1v) is 9.53. The molecule has 0 atom stereocenters. The number of amides is 1. The Hall–Kier alpha value is -2.13. The molecule has 2 rings (SSSR count). The Morgan fingerprint density at radius 2 is 1.96 bits per heavy atom. The van der Waals surface area contributed by atoms with Crippen LogP contribution in [0.2, 0.25) is 10.0 Å². The van der Waals surface area contributed by atoms with Crippen LogP contribution < -0.4 is 15.4 Å². The third kappa shape index (κ3) is 5.93. The smallest absolute Gasteiger partial charge is 0.337 e. The Labute approximate surface area is 184 Å². The van der Waals surface area contributed by atoms with E-state index in [9.17, 15) is 14.7 Å². The molecule has 1 amide bonds. The molecule has 0 spiro atoms. The monoisotopic (exact) mass is 502 g/mol. The van der Waals surface area contributed by atoms with Gasteiger partial charge in [0.25, 0.3) is 0 Å². The topological polar surface area (TPSA) is 87.7 Å². The van der Waals surface area contributed by atoms with Gasteiger partial charge in [-0.3, -0.25) is 10.1 Å². The van der Waals surface area contributed by atoms with Crippen LogP contribution in [0.4, 0.5) is 5.69 Å². The molecule has 6 nitrogen and oxygen atoms in total. The summed E-state index contributed by atoms with van der Waals surface area (Å²) in [5.74, 6) is -1.18. The number of benzene rings is 2. The van der Waals surface area contributed by atoms with E-state index in [1.54, 1.807) is 18.2 Å². The highest BCUT2D eigenvalue weighted by molar-refractivity contribution is 9.10. The molecule has 0 fully saturated rings. The van der Waals surface area contributed by atoms with Gasteiger partial charge in [0.15, 0.2) is 5.11 Å². The van der Waals surface area contributed by atoms with Gasteiger partial charge in [0.1, 0.15) is 5.75 Å². The molecular formula is C18H13BrCl2N2O4S. The number of anilines is 1. The van der Waals surface area contributed by atoms with E-state index in [-0.39, 0.29) is 26.4 Å². The molecular weight excluding hydrogens is 491 g/mol. The van der Waals surface area contributed by atoms with Crippen molar-refractivity contribution in [2.45, 2.75) is 0 Å². The van der Waals surface area contributed by atoms with E-state index >= 15 is 0 Å². The third-order valence-electron chi connectivity index (χ3n) is 3.37. The molecule has 0 aliphatic rings. The molecule has 28 heavy (non-hydrogen) atoms. The Morgan fingerprint density at radius 3 is 2.61 bits per heavy atom. The normalized spacial score (nSPS) is 10.6. The molecule has 146 valence electrons. The summed E-state index contributed by atoms with van der Waals surface area (Å²) in [6.45, 7) is 0. The molecule has 0 saturated carbocycles. The maximum atomic E-state index is 12.1. The zero-order chi connectivity index (χ0) is 20.8. The van der Waals surface area contributed by atoms with E-state index < -0.39 is 11.9 Å². The van der Waals surface area contributed by atoms with Crippen molar-refractivity contribution in [1.82, 2.24) is 5.32 Å². The molecule has 2 aromatic rings. The van der Waals surface area contributed by atoms with E-state index in [0.717, 1.165) is 4.47 Å². The van der Waals surface area contributed by atoms with E-state index in [1.807, 2.05) is 6.07 Å². The number of methoxy groups -OCH3 is 1. The van der Waals surface area contributed by atoms with Crippen molar-refractivity contribution >= 4 is 80.1 Å². The van der Waals surface area contributed by atoms with Crippen molar-refractivity contribution < 1.29 is 19.4 Å². The first-order chi connectivity index (χ1) is 13.2. The quantitative estimate of drug-likeness (QED) is 0.393. The number of carbonyl (C=O) groups excluding carboxylic acids is 1. The number of ether oxygens (including phenoxy) is 1. The lowest BCUT2D eigenvalue weighted by Crippen LogP contribution is -2.33. The van der Waals surface area contributed by atoms with Crippen LogP contribution in [0.5, 0.6) is 5.75 Å². The Kier molecular flexibility index (Phi) is 7.82. The summed E-state index contributed by atoms with van der Waals surface area (Å²) >= 11 is 20.3. The molecule has 0 heterocycles. The molecule has 0 unspecified atom stereocenters. The zero-order valence-corrected chi connectivity index (χ0v) is 18.2. The molecule has 2 aromatic carbocycles. The van der Waals surface area contributed by atoms with Gasteiger partial charge in [-0.05, 0) is 48.6 Å². The maximum Gasteiger partial charge on any atom is 0.337 e. The molecule has 0 radical (unpaired) electrons. The lowest BCUT2D eigenvalue weighted by atomic mass is 10.2. The number of hydrogen-bond donors (Lipinski definition) is 3. The van der Waals surface area contributed by atoms with Crippen LogP contribution in [0.15, 0.2) is 40.9 Å². The number of nitrogens with one attached hydrogen (secondary N) is 2. The minimum Gasteiger partial charge on any atom is -0.496 e. The van der Waals surface area contributed by atoms with Crippen LogP contribution in [-0.4, -0.2) is 29.2 Å². The van der Waals surface area contributed by atoms with Crippen LogP contribution in [0.25, 0.3) is 6.08 Å². The van der Waals surface area contributed by atoms with Crippen LogP contribution in [0.3, 0.4) is 0 Å². The van der Waals surface area contributed by atoms with Crippen molar-refractivity contribution in [3.05, 3.63) is 62.1 Å². The average Bonchev–Trinajstić information content (AvgIpc) is 2.61. The predicted molar refractivity (Wildman–Crippen MR) is 118 cm³/mol. The first kappa shape index (κ1) is 22.2. The van der Waals surface area contributed by atoms with Gasteiger partial charge in [0.2, 0.25) is 5.91 Å². The number of thiocarbonyl (C=S) groups is 1. The second-order valence-electron chi connectivity index (χ2n) is 5.28.